The number of carbonyl (C=O) groups excluding carboxylic acids is 1. The molecule has 2 aromatic carbocycles. The first kappa shape index (κ1) is 17.5. The van der Waals surface area contributed by atoms with E-state index in [1.54, 1.807) is 12.0 Å². The second-order valence-electron chi connectivity index (χ2n) is 6.87. The molecule has 0 bridgehead atoms. The van der Waals surface area contributed by atoms with Crippen molar-refractivity contribution in [2.75, 3.05) is 20.2 Å². The fraction of sp³-hybridized carbons (Fsp3) is 0.273. The Morgan fingerprint density at radius 3 is 2.85 bits per heavy atom. The van der Waals surface area contributed by atoms with Crippen LogP contribution in [0.15, 0.2) is 54.6 Å². The lowest BCUT2D eigenvalue weighted by molar-refractivity contribution is 0.0474. The zero-order valence-corrected chi connectivity index (χ0v) is 15.3. The van der Waals surface area contributed by atoms with Crippen LogP contribution in [0.2, 0.25) is 0 Å². The average molecular weight is 362 g/mol. The van der Waals surface area contributed by atoms with E-state index in [0.717, 1.165) is 34.9 Å². The van der Waals surface area contributed by atoms with Gasteiger partial charge in [-0.3, -0.25) is 4.79 Å². The highest BCUT2D eigenvalue weighted by Crippen LogP contribution is 2.32. The number of pyridine rings is 1. The van der Waals surface area contributed by atoms with Gasteiger partial charge in [-0.15, -0.1) is 0 Å². The summed E-state index contributed by atoms with van der Waals surface area (Å²) in [5.41, 5.74) is 3.21. The van der Waals surface area contributed by atoms with Crippen molar-refractivity contribution in [2.24, 2.45) is 0 Å². The molecule has 1 fully saturated rings. The third-order valence-electron chi connectivity index (χ3n) is 4.99. The number of hydrogen-bond acceptors (Lipinski definition) is 4. The molecule has 0 spiro atoms. The fourth-order valence-corrected chi connectivity index (χ4v) is 3.60. The molecule has 3 aromatic rings. The maximum Gasteiger partial charge on any atom is 0.253 e. The molecule has 27 heavy (non-hydrogen) atoms. The van der Waals surface area contributed by atoms with Gasteiger partial charge in [0.05, 0.1) is 18.7 Å². The largest absolute Gasteiger partial charge is 0.481 e. The van der Waals surface area contributed by atoms with Crippen LogP contribution in [0.25, 0.3) is 22.0 Å². The Morgan fingerprint density at radius 1 is 1.19 bits per heavy atom. The highest BCUT2D eigenvalue weighted by Gasteiger charge is 2.23. The Labute approximate surface area is 158 Å². The van der Waals surface area contributed by atoms with Crippen LogP contribution in [0, 0.1) is 0 Å². The molecule has 1 N–H and O–H groups in total. The lowest BCUT2D eigenvalue weighted by Gasteiger charge is -2.30. The molecule has 138 valence electrons. The first-order chi connectivity index (χ1) is 13.2. The molecule has 5 nitrogen and oxygen atoms in total. The zero-order valence-electron chi connectivity index (χ0n) is 15.3. The molecule has 1 atom stereocenters. The van der Waals surface area contributed by atoms with E-state index in [1.807, 2.05) is 54.6 Å². The number of methoxy groups -OCH3 is 1. The van der Waals surface area contributed by atoms with Gasteiger partial charge >= 0.3 is 0 Å². The van der Waals surface area contributed by atoms with Gasteiger partial charge in [0, 0.05) is 29.6 Å². The Bertz CT molecular complexity index is 986. The van der Waals surface area contributed by atoms with Gasteiger partial charge in [-0.1, -0.05) is 30.3 Å². The summed E-state index contributed by atoms with van der Waals surface area (Å²) in [6.07, 6.45) is 1.15. The predicted octanol–water partition coefficient (Wildman–Crippen LogP) is 3.51. The van der Waals surface area contributed by atoms with Gasteiger partial charge in [0.1, 0.15) is 0 Å². The van der Waals surface area contributed by atoms with E-state index >= 15 is 0 Å². The highest BCUT2D eigenvalue weighted by molar-refractivity contribution is 5.96. The molecule has 0 saturated carbocycles. The molecule has 1 aromatic heterocycles. The van der Waals surface area contributed by atoms with Crippen molar-refractivity contribution in [1.29, 1.82) is 0 Å². The summed E-state index contributed by atoms with van der Waals surface area (Å²) >= 11 is 0. The summed E-state index contributed by atoms with van der Waals surface area (Å²) in [6, 6.07) is 17.4. The quantitative estimate of drug-likeness (QED) is 0.774. The van der Waals surface area contributed by atoms with Crippen LogP contribution in [0.4, 0.5) is 0 Å². The highest BCUT2D eigenvalue weighted by atomic mass is 16.5. The summed E-state index contributed by atoms with van der Waals surface area (Å²) in [5, 5.41) is 10.9. The second-order valence-corrected chi connectivity index (χ2v) is 6.87. The van der Waals surface area contributed by atoms with Crippen molar-refractivity contribution in [3.05, 3.63) is 60.2 Å². The van der Waals surface area contributed by atoms with E-state index in [4.69, 9.17) is 4.74 Å². The topological polar surface area (TPSA) is 62.7 Å². The van der Waals surface area contributed by atoms with Gasteiger partial charge in [0.15, 0.2) is 0 Å². The van der Waals surface area contributed by atoms with Crippen LogP contribution in [-0.4, -0.2) is 47.2 Å². The summed E-state index contributed by atoms with van der Waals surface area (Å²) in [7, 11) is 1.60. The third kappa shape index (κ3) is 3.51. The summed E-state index contributed by atoms with van der Waals surface area (Å²) in [6.45, 7) is 1.07. The molecule has 1 aliphatic rings. The molecule has 1 amide bonds. The van der Waals surface area contributed by atoms with Gasteiger partial charge in [-0.2, -0.15) is 0 Å². The molecular formula is C22H22N2O3. The van der Waals surface area contributed by atoms with E-state index in [-0.39, 0.29) is 5.91 Å². The van der Waals surface area contributed by atoms with E-state index in [1.165, 1.54) is 0 Å². The van der Waals surface area contributed by atoms with Crippen LogP contribution < -0.4 is 4.74 Å². The predicted molar refractivity (Wildman–Crippen MR) is 105 cm³/mol. The minimum absolute atomic E-state index is 0.0525. The number of ether oxygens (including phenoxy) is 1. The molecule has 0 unspecified atom stereocenters. The number of piperidine rings is 1. The minimum atomic E-state index is -0.435. The Morgan fingerprint density at radius 2 is 2.04 bits per heavy atom. The number of para-hydroxylation sites is 1. The number of nitrogens with zero attached hydrogens (tertiary/aromatic N) is 2. The Balaban J connectivity index is 1.72. The number of benzene rings is 2. The van der Waals surface area contributed by atoms with Gasteiger partial charge in [0.2, 0.25) is 5.88 Å². The number of hydrogen-bond donors (Lipinski definition) is 1. The van der Waals surface area contributed by atoms with Crippen molar-refractivity contribution in [3.8, 4) is 17.0 Å². The molecule has 2 heterocycles. The minimum Gasteiger partial charge on any atom is -0.481 e. The lowest BCUT2D eigenvalue weighted by atomic mass is 10.0. The first-order valence-electron chi connectivity index (χ1n) is 9.17. The monoisotopic (exact) mass is 362 g/mol. The van der Waals surface area contributed by atoms with Crippen LogP contribution in [0.1, 0.15) is 23.2 Å². The fourth-order valence-electron chi connectivity index (χ4n) is 3.60. The number of carbonyl (C=O) groups is 1. The number of rotatable bonds is 3. The Kier molecular flexibility index (Phi) is 4.77. The number of amides is 1. The Hall–Kier alpha value is -2.92. The number of β-amino-alcohol motifs (C(OH)–C–C–N with tert-alkyl or cyclic N) is 1. The van der Waals surface area contributed by atoms with E-state index in [2.05, 4.69) is 4.98 Å². The van der Waals surface area contributed by atoms with Crippen molar-refractivity contribution < 1.29 is 14.6 Å². The van der Waals surface area contributed by atoms with Gasteiger partial charge in [-0.05, 0) is 42.7 Å². The molecule has 1 aliphatic heterocycles. The number of aliphatic hydroxyl groups excluding tert-OH is 1. The van der Waals surface area contributed by atoms with Crippen molar-refractivity contribution in [1.82, 2.24) is 9.88 Å². The average Bonchev–Trinajstić information content (AvgIpc) is 2.72. The standard InChI is InChI=1S/C22H22N2O3/c1-27-21-19(13-16-6-2-3-10-20(16)23-21)15-7-4-8-17(12-15)22(26)24-11-5-9-18(25)14-24/h2-4,6-8,10,12-13,18,25H,5,9,11,14H2,1H3/t18-/m0/s1. The summed E-state index contributed by atoms with van der Waals surface area (Å²) in [5.74, 6) is 0.481. The maximum atomic E-state index is 12.9. The second kappa shape index (κ2) is 7.37. The molecule has 5 heteroatoms. The van der Waals surface area contributed by atoms with Gasteiger partial charge < -0.3 is 14.7 Å². The van der Waals surface area contributed by atoms with Crippen LogP contribution in [0.5, 0.6) is 5.88 Å². The van der Waals surface area contributed by atoms with Crippen molar-refractivity contribution in [3.63, 3.8) is 0 Å². The number of aromatic nitrogens is 1. The van der Waals surface area contributed by atoms with E-state index < -0.39 is 6.10 Å². The lowest BCUT2D eigenvalue weighted by Crippen LogP contribution is -2.42. The van der Waals surface area contributed by atoms with Gasteiger partial charge in [0.25, 0.3) is 5.91 Å². The molecular weight excluding hydrogens is 340 g/mol. The maximum absolute atomic E-state index is 12.9. The summed E-state index contributed by atoms with van der Waals surface area (Å²) < 4.78 is 5.50. The van der Waals surface area contributed by atoms with Crippen LogP contribution in [0.3, 0.4) is 0 Å². The zero-order chi connectivity index (χ0) is 18.8. The van der Waals surface area contributed by atoms with Crippen molar-refractivity contribution in [2.45, 2.75) is 18.9 Å². The SMILES string of the molecule is COc1nc2ccccc2cc1-c1cccc(C(=O)N2CCC[C@H](O)C2)c1. The number of likely N-dealkylation sites (tertiary alicyclic amines) is 1. The first-order valence-corrected chi connectivity index (χ1v) is 9.17. The normalized spacial score (nSPS) is 17.1. The molecule has 4 rings (SSSR count). The number of aliphatic hydroxyl groups is 1. The van der Waals surface area contributed by atoms with E-state index in [0.29, 0.717) is 24.5 Å². The van der Waals surface area contributed by atoms with Crippen molar-refractivity contribution >= 4 is 16.8 Å². The van der Waals surface area contributed by atoms with Gasteiger partial charge in [-0.25, -0.2) is 4.98 Å². The summed E-state index contributed by atoms with van der Waals surface area (Å²) in [4.78, 5) is 19.2. The molecule has 1 saturated heterocycles. The molecule has 0 aliphatic carbocycles. The number of fused-ring (bicyclic) bond motifs is 1. The molecule has 0 radical (unpaired) electrons. The van der Waals surface area contributed by atoms with Crippen LogP contribution in [-0.2, 0) is 0 Å². The third-order valence-corrected chi connectivity index (χ3v) is 4.99. The van der Waals surface area contributed by atoms with E-state index in [9.17, 15) is 9.90 Å². The smallest absolute Gasteiger partial charge is 0.253 e. The van der Waals surface area contributed by atoms with Crippen LogP contribution >= 0.6 is 0 Å².